The number of hydrogen-bond acceptors (Lipinski definition) is 2. The number of aryl methyl sites for hydroxylation is 1. The van der Waals surface area contributed by atoms with Gasteiger partial charge < -0.3 is 0 Å². The van der Waals surface area contributed by atoms with Crippen molar-refractivity contribution in [1.29, 1.82) is 0 Å². The maximum atomic E-state index is 3.51. The van der Waals surface area contributed by atoms with Crippen molar-refractivity contribution in [1.82, 2.24) is 9.80 Å². The average Bonchev–Trinajstić information content (AvgIpc) is 2.35. The van der Waals surface area contributed by atoms with Gasteiger partial charge in [0.2, 0.25) is 0 Å². The van der Waals surface area contributed by atoms with Crippen molar-refractivity contribution in [3.8, 4) is 0 Å². The van der Waals surface area contributed by atoms with Gasteiger partial charge in [0.1, 0.15) is 0 Å². The second-order valence-electron chi connectivity index (χ2n) is 4.73. The Morgan fingerprint density at radius 3 is 2.35 bits per heavy atom. The third-order valence-electron chi connectivity index (χ3n) is 3.52. The van der Waals surface area contributed by atoms with E-state index in [9.17, 15) is 0 Å². The molecule has 3 heteroatoms. The minimum absolute atomic E-state index is 1.09. The number of piperazine rings is 1. The molecule has 0 saturated carbocycles. The Bertz CT molecular complexity index is 346. The third kappa shape index (κ3) is 3.80. The van der Waals surface area contributed by atoms with E-state index in [4.69, 9.17) is 0 Å². The molecule has 0 unspecified atom stereocenters. The van der Waals surface area contributed by atoms with Crippen LogP contribution in [0.15, 0.2) is 24.3 Å². The van der Waals surface area contributed by atoms with Crippen molar-refractivity contribution in [2.45, 2.75) is 13.5 Å². The van der Waals surface area contributed by atoms with Crippen molar-refractivity contribution < 1.29 is 0 Å². The number of benzene rings is 1. The van der Waals surface area contributed by atoms with Gasteiger partial charge >= 0.3 is 0 Å². The summed E-state index contributed by atoms with van der Waals surface area (Å²) in [6, 6.07) is 8.72. The van der Waals surface area contributed by atoms with Crippen LogP contribution >= 0.6 is 15.9 Å². The monoisotopic (exact) mass is 296 g/mol. The van der Waals surface area contributed by atoms with Gasteiger partial charge in [-0.1, -0.05) is 40.2 Å². The molecule has 0 radical (unpaired) electrons. The summed E-state index contributed by atoms with van der Waals surface area (Å²) in [6.07, 6.45) is 0. The fourth-order valence-corrected chi connectivity index (χ4v) is 2.82. The summed E-state index contributed by atoms with van der Waals surface area (Å²) < 4.78 is 0. The predicted octanol–water partition coefficient (Wildman–Crippen LogP) is 2.51. The summed E-state index contributed by atoms with van der Waals surface area (Å²) in [6.45, 7) is 9.29. The van der Waals surface area contributed by atoms with E-state index in [2.05, 4.69) is 56.9 Å². The second-order valence-corrected chi connectivity index (χ2v) is 5.53. The van der Waals surface area contributed by atoms with E-state index in [0.29, 0.717) is 0 Å². The van der Waals surface area contributed by atoms with Gasteiger partial charge in [-0.25, -0.2) is 0 Å². The van der Waals surface area contributed by atoms with Gasteiger partial charge in [0, 0.05) is 44.6 Å². The Hall–Kier alpha value is -0.380. The van der Waals surface area contributed by atoms with Gasteiger partial charge in [-0.3, -0.25) is 9.80 Å². The lowest BCUT2D eigenvalue weighted by molar-refractivity contribution is 0.133. The van der Waals surface area contributed by atoms with Gasteiger partial charge in [-0.05, 0) is 18.1 Å². The minimum Gasteiger partial charge on any atom is -0.300 e. The summed E-state index contributed by atoms with van der Waals surface area (Å²) >= 11 is 3.51. The minimum atomic E-state index is 1.09. The van der Waals surface area contributed by atoms with Crippen LogP contribution in [0.4, 0.5) is 0 Å². The molecule has 1 heterocycles. The Morgan fingerprint density at radius 1 is 1.06 bits per heavy atom. The lowest BCUT2D eigenvalue weighted by atomic mass is 10.1. The molecule has 1 aliphatic heterocycles. The second kappa shape index (κ2) is 6.53. The molecule has 94 valence electrons. The standard InChI is InChI=1S/C14H21BrN2/c1-13-4-2-3-5-14(13)12-17-10-8-16(7-6-15)9-11-17/h2-5H,6-12H2,1H3. The van der Waals surface area contributed by atoms with Gasteiger partial charge in [0.15, 0.2) is 0 Å². The molecule has 2 rings (SSSR count). The van der Waals surface area contributed by atoms with Crippen LogP contribution in [0, 0.1) is 6.92 Å². The van der Waals surface area contributed by atoms with E-state index in [-0.39, 0.29) is 0 Å². The van der Waals surface area contributed by atoms with Gasteiger partial charge in [0.25, 0.3) is 0 Å². The molecule has 0 atom stereocenters. The van der Waals surface area contributed by atoms with Crippen molar-refractivity contribution in [3.63, 3.8) is 0 Å². The van der Waals surface area contributed by atoms with E-state index < -0.39 is 0 Å². The SMILES string of the molecule is Cc1ccccc1CN1CCN(CCBr)CC1. The Labute approximate surface area is 113 Å². The van der Waals surface area contributed by atoms with Crippen LogP contribution in [0.2, 0.25) is 0 Å². The maximum Gasteiger partial charge on any atom is 0.0237 e. The first-order chi connectivity index (χ1) is 8.29. The molecule has 0 spiro atoms. The molecule has 1 fully saturated rings. The summed E-state index contributed by atoms with van der Waals surface area (Å²) in [4.78, 5) is 5.09. The molecule has 0 N–H and O–H groups in total. The molecular formula is C14H21BrN2. The van der Waals surface area contributed by atoms with Crippen molar-refractivity contribution >= 4 is 15.9 Å². The third-order valence-corrected chi connectivity index (χ3v) is 3.88. The van der Waals surface area contributed by atoms with Gasteiger partial charge in [-0.15, -0.1) is 0 Å². The number of alkyl halides is 1. The van der Waals surface area contributed by atoms with Gasteiger partial charge in [-0.2, -0.15) is 0 Å². The highest BCUT2D eigenvalue weighted by Crippen LogP contribution is 2.12. The lowest BCUT2D eigenvalue weighted by Gasteiger charge is -2.34. The first-order valence-electron chi connectivity index (χ1n) is 6.35. The highest BCUT2D eigenvalue weighted by molar-refractivity contribution is 9.09. The Kier molecular flexibility index (Phi) is 5.01. The van der Waals surface area contributed by atoms with Crippen LogP contribution in [0.25, 0.3) is 0 Å². The zero-order chi connectivity index (χ0) is 12.1. The number of halogens is 1. The average molecular weight is 297 g/mol. The van der Waals surface area contributed by atoms with Crippen LogP contribution < -0.4 is 0 Å². The summed E-state index contributed by atoms with van der Waals surface area (Å²) in [7, 11) is 0. The molecule has 0 amide bonds. The summed E-state index contributed by atoms with van der Waals surface area (Å²) in [5.74, 6) is 0. The van der Waals surface area contributed by atoms with Crippen LogP contribution in [-0.4, -0.2) is 47.9 Å². The van der Waals surface area contributed by atoms with Crippen LogP contribution in [0.1, 0.15) is 11.1 Å². The van der Waals surface area contributed by atoms with E-state index >= 15 is 0 Å². The summed E-state index contributed by atoms with van der Waals surface area (Å²) in [5.41, 5.74) is 2.89. The highest BCUT2D eigenvalue weighted by atomic mass is 79.9. The predicted molar refractivity (Wildman–Crippen MR) is 76.7 cm³/mol. The molecule has 1 aromatic carbocycles. The molecule has 2 nitrogen and oxygen atoms in total. The molecular weight excluding hydrogens is 276 g/mol. The van der Waals surface area contributed by atoms with Crippen molar-refractivity contribution in [2.24, 2.45) is 0 Å². The quantitative estimate of drug-likeness (QED) is 0.788. The highest BCUT2D eigenvalue weighted by Gasteiger charge is 2.16. The molecule has 17 heavy (non-hydrogen) atoms. The normalized spacial score (nSPS) is 18.5. The first kappa shape index (κ1) is 13.1. The summed E-state index contributed by atoms with van der Waals surface area (Å²) in [5, 5.41) is 1.09. The topological polar surface area (TPSA) is 6.48 Å². The zero-order valence-corrected chi connectivity index (χ0v) is 12.1. The van der Waals surface area contributed by atoms with Crippen LogP contribution in [-0.2, 0) is 6.54 Å². The fraction of sp³-hybridized carbons (Fsp3) is 0.571. The number of nitrogens with zero attached hydrogens (tertiary/aromatic N) is 2. The number of rotatable bonds is 4. The molecule has 1 saturated heterocycles. The maximum absolute atomic E-state index is 3.51. The zero-order valence-electron chi connectivity index (χ0n) is 10.5. The van der Waals surface area contributed by atoms with Crippen LogP contribution in [0.3, 0.4) is 0 Å². The molecule has 0 bridgehead atoms. The molecule has 0 aromatic heterocycles. The Balaban J connectivity index is 1.84. The largest absolute Gasteiger partial charge is 0.300 e. The molecule has 1 aliphatic rings. The van der Waals surface area contributed by atoms with E-state index in [1.54, 1.807) is 0 Å². The number of hydrogen-bond donors (Lipinski definition) is 0. The lowest BCUT2D eigenvalue weighted by Crippen LogP contribution is -2.46. The molecule has 0 aliphatic carbocycles. The van der Waals surface area contributed by atoms with Crippen molar-refractivity contribution in [3.05, 3.63) is 35.4 Å². The van der Waals surface area contributed by atoms with E-state index in [1.807, 2.05) is 0 Å². The smallest absolute Gasteiger partial charge is 0.0237 e. The Morgan fingerprint density at radius 2 is 1.71 bits per heavy atom. The fourth-order valence-electron chi connectivity index (χ4n) is 2.32. The van der Waals surface area contributed by atoms with Crippen LogP contribution in [0.5, 0.6) is 0 Å². The van der Waals surface area contributed by atoms with Gasteiger partial charge in [0.05, 0.1) is 0 Å². The molecule has 1 aromatic rings. The first-order valence-corrected chi connectivity index (χ1v) is 7.47. The van der Waals surface area contributed by atoms with E-state index in [1.165, 1.54) is 43.9 Å². The van der Waals surface area contributed by atoms with E-state index in [0.717, 1.165) is 11.9 Å². The van der Waals surface area contributed by atoms with Crippen molar-refractivity contribution in [2.75, 3.05) is 38.1 Å².